The predicted molar refractivity (Wildman–Crippen MR) is 42.9 cm³/mol. The maximum Gasteiger partial charge on any atom is 0.00195 e. The standard InChI is InChI=1S/C9H17N/c1-8-5-10(6-8)7-9-3-2-4-9/h8-9H,2-7H2,1H3. The van der Waals surface area contributed by atoms with E-state index in [2.05, 4.69) is 11.8 Å². The van der Waals surface area contributed by atoms with Gasteiger partial charge in [-0.25, -0.2) is 0 Å². The van der Waals surface area contributed by atoms with E-state index in [-0.39, 0.29) is 0 Å². The minimum atomic E-state index is 0.986. The number of hydrogen-bond donors (Lipinski definition) is 0. The fourth-order valence-corrected chi connectivity index (χ4v) is 2.02. The van der Waals surface area contributed by atoms with E-state index in [9.17, 15) is 0 Å². The van der Waals surface area contributed by atoms with Gasteiger partial charge in [0.2, 0.25) is 0 Å². The summed E-state index contributed by atoms with van der Waals surface area (Å²) < 4.78 is 0. The third kappa shape index (κ3) is 1.20. The van der Waals surface area contributed by atoms with Crippen molar-refractivity contribution >= 4 is 0 Å². The van der Waals surface area contributed by atoms with Crippen molar-refractivity contribution in [3.05, 3.63) is 0 Å². The molecule has 0 aromatic rings. The quantitative estimate of drug-likeness (QED) is 0.563. The van der Waals surface area contributed by atoms with Crippen molar-refractivity contribution in [2.45, 2.75) is 26.2 Å². The number of likely N-dealkylation sites (tertiary alicyclic amines) is 1. The summed E-state index contributed by atoms with van der Waals surface area (Å²) in [5.74, 6) is 2.06. The molecule has 2 fully saturated rings. The molecule has 1 aliphatic carbocycles. The molecular formula is C9H17N. The molecule has 1 aliphatic heterocycles. The van der Waals surface area contributed by atoms with Gasteiger partial charge in [0.15, 0.2) is 0 Å². The lowest BCUT2D eigenvalue weighted by atomic mass is 9.84. The van der Waals surface area contributed by atoms with Crippen LogP contribution in [0, 0.1) is 11.8 Å². The summed E-state index contributed by atoms with van der Waals surface area (Å²) in [4.78, 5) is 2.61. The largest absolute Gasteiger partial charge is 0.302 e. The predicted octanol–water partition coefficient (Wildman–Crippen LogP) is 1.74. The summed E-state index contributed by atoms with van der Waals surface area (Å²) in [6.07, 6.45) is 4.50. The summed E-state index contributed by atoms with van der Waals surface area (Å²) in [6, 6.07) is 0. The van der Waals surface area contributed by atoms with Crippen LogP contribution in [-0.4, -0.2) is 24.5 Å². The summed E-state index contributed by atoms with van der Waals surface area (Å²) in [7, 11) is 0. The monoisotopic (exact) mass is 139 g/mol. The molecule has 0 unspecified atom stereocenters. The highest BCUT2D eigenvalue weighted by Gasteiger charge is 2.27. The second-order valence-corrected chi connectivity index (χ2v) is 4.12. The Morgan fingerprint density at radius 2 is 2.00 bits per heavy atom. The van der Waals surface area contributed by atoms with Crippen LogP contribution in [0.1, 0.15) is 26.2 Å². The van der Waals surface area contributed by atoms with Crippen LogP contribution < -0.4 is 0 Å². The van der Waals surface area contributed by atoms with Crippen LogP contribution in [0.5, 0.6) is 0 Å². The van der Waals surface area contributed by atoms with Gasteiger partial charge in [-0.15, -0.1) is 0 Å². The van der Waals surface area contributed by atoms with Crippen LogP contribution in [0.15, 0.2) is 0 Å². The smallest absolute Gasteiger partial charge is 0.00195 e. The van der Waals surface area contributed by atoms with E-state index in [1.54, 1.807) is 0 Å². The molecule has 1 saturated heterocycles. The Morgan fingerprint density at radius 1 is 1.30 bits per heavy atom. The van der Waals surface area contributed by atoms with Gasteiger partial charge in [0.25, 0.3) is 0 Å². The third-order valence-corrected chi connectivity index (χ3v) is 2.88. The van der Waals surface area contributed by atoms with Gasteiger partial charge in [-0.1, -0.05) is 13.3 Å². The van der Waals surface area contributed by atoms with Gasteiger partial charge in [0, 0.05) is 19.6 Å². The molecule has 0 N–H and O–H groups in total. The Bertz CT molecular complexity index is 112. The normalized spacial score (nSPS) is 29.7. The highest BCUT2D eigenvalue weighted by Crippen LogP contribution is 2.29. The van der Waals surface area contributed by atoms with Crippen molar-refractivity contribution in [3.63, 3.8) is 0 Å². The van der Waals surface area contributed by atoms with E-state index in [1.807, 2.05) is 0 Å². The first kappa shape index (κ1) is 6.66. The maximum atomic E-state index is 2.61. The average Bonchev–Trinajstić information content (AvgIpc) is 1.72. The van der Waals surface area contributed by atoms with E-state index in [0.717, 1.165) is 11.8 Å². The molecule has 58 valence electrons. The van der Waals surface area contributed by atoms with E-state index >= 15 is 0 Å². The first-order valence-corrected chi connectivity index (χ1v) is 4.57. The minimum Gasteiger partial charge on any atom is -0.302 e. The fourth-order valence-electron chi connectivity index (χ4n) is 2.02. The topological polar surface area (TPSA) is 3.24 Å². The minimum absolute atomic E-state index is 0.986. The molecule has 0 spiro atoms. The van der Waals surface area contributed by atoms with Crippen LogP contribution in [-0.2, 0) is 0 Å². The Morgan fingerprint density at radius 3 is 2.40 bits per heavy atom. The summed E-state index contributed by atoms with van der Waals surface area (Å²) >= 11 is 0. The van der Waals surface area contributed by atoms with Crippen LogP contribution in [0.4, 0.5) is 0 Å². The molecule has 0 atom stereocenters. The molecule has 0 aromatic carbocycles. The van der Waals surface area contributed by atoms with E-state index in [0.29, 0.717) is 0 Å². The second-order valence-electron chi connectivity index (χ2n) is 4.12. The van der Waals surface area contributed by atoms with Gasteiger partial charge in [-0.05, 0) is 24.7 Å². The van der Waals surface area contributed by atoms with Crippen LogP contribution in [0.25, 0.3) is 0 Å². The lowest BCUT2D eigenvalue weighted by Crippen LogP contribution is -2.48. The number of rotatable bonds is 2. The Balaban J connectivity index is 1.62. The zero-order valence-electron chi connectivity index (χ0n) is 6.84. The van der Waals surface area contributed by atoms with Crippen molar-refractivity contribution in [1.29, 1.82) is 0 Å². The molecule has 0 bridgehead atoms. The van der Waals surface area contributed by atoms with Crippen LogP contribution in [0.2, 0.25) is 0 Å². The third-order valence-electron chi connectivity index (χ3n) is 2.88. The second kappa shape index (κ2) is 2.54. The molecule has 1 saturated carbocycles. The van der Waals surface area contributed by atoms with Crippen molar-refractivity contribution in [3.8, 4) is 0 Å². The van der Waals surface area contributed by atoms with E-state index in [4.69, 9.17) is 0 Å². The van der Waals surface area contributed by atoms with Gasteiger partial charge >= 0.3 is 0 Å². The van der Waals surface area contributed by atoms with Gasteiger partial charge in [-0.2, -0.15) is 0 Å². The summed E-state index contributed by atoms with van der Waals surface area (Å²) in [6.45, 7) is 6.49. The Hall–Kier alpha value is -0.0400. The fraction of sp³-hybridized carbons (Fsp3) is 1.00. The van der Waals surface area contributed by atoms with E-state index in [1.165, 1.54) is 38.9 Å². The van der Waals surface area contributed by atoms with Gasteiger partial charge in [-0.3, -0.25) is 0 Å². The first-order valence-electron chi connectivity index (χ1n) is 4.57. The average molecular weight is 139 g/mol. The lowest BCUT2D eigenvalue weighted by Gasteiger charge is -2.41. The van der Waals surface area contributed by atoms with Gasteiger partial charge in [0.1, 0.15) is 0 Å². The van der Waals surface area contributed by atoms with Crippen molar-refractivity contribution < 1.29 is 0 Å². The lowest BCUT2D eigenvalue weighted by molar-refractivity contribution is 0.0729. The molecule has 2 rings (SSSR count). The molecule has 1 heterocycles. The van der Waals surface area contributed by atoms with Crippen molar-refractivity contribution in [1.82, 2.24) is 4.90 Å². The molecule has 1 nitrogen and oxygen atoms in total. The Kier molecular flexibility index (Phi) is 1.69. The summed E-state index contributed by atoms with van der Waals surface area (Å²) in [5.41, 5.74) is 0. The Labute approximate surface area is 63.4 Å². The highest BCUT2D eigenvalue weighted by molar-refractivity contribution is 4.81. The summed E-state index contributed by atoms with van der Waals surface area (Å²) in [5, 5.41) is 0. The maximum absolute atomic E-state index is 2.61. The van der Waals surface area contributed by atoms with Crippen molar-refractivity contribution in [2.75, 3.05) is 19.6 Å². The molecular weight excluding hydrogens is 122 g/mol. The molecule has 0 amide bonds. The number of hydrogen-bond acceptors (Lipinski definition) is 1. The SMILES string of the molecule is CC1CN(CC2CCC2)C1. The van der Waals surface area contributed by atoms with Crippen LogP contribution >= 0.6 is 0 Å². The van der Waals surface area contributed by atoms with Gasteiger partial charge in [0.05, 0.1) is 0 Å². The van der Waals surface area contributed by atoms with Gasteiger partial charge < -0.3 is 4.90 Å². The molecule has 1 heteroatoms. The van der Waals surface area contributed by atoms with E-state index < -0.39 is 0 Å². The molecule has 0 aromatic heterocycles. The molecule has 10 heavy (non-hydrogen) atoms. The number of nitrogens with zero attached hydrogens (tertiary/aromatic N) is 1. The highest BCUT2D eigenvalue weighted by atomic mass is 15.2. The zero-order chi connectivity index (χ0) is 6.97. The first-order chi connectivity index (χ1) is 4.84. The zero-order valence-corrected chi connectivity index (χ0v) is 6.84. The van der Waals surface area contributed by atoms with Crippen LogP contribution in [0.3, 0.4) is 0 Å². The molecule has 2 aliphatic rings. The molecule has 0 radical (unpaired) electrons. The van der Waals surface area contributed by atoms with Crippen molar-refractivity contribution in [2.24, 2.45) is 11.8 Å².